The molecule has 0 saturated heterocycles. The van der Waals surface area contributed by atoms with Crippen molar-refractivity contribution in [2.45, 2.75) is 4.90 Å². The van der Waals surface area contributed by atoms with E-state index in [1.807, 2.05) is 0 Å². The Balaban J connectivity index is 0.000000295. The van der Waals surface area contributed by atoms with Gasteiger partial charge < -0.3 is 14.7 Å². The first-order valence-corrected chi connectivity index (χ1v) is 7.96. The third-order valence-electron chi connectivity index (χ3n) is 2.76. The highest BCUT2D eigenvalue weighted by Crippen LogP contribution is 2.27. The normalized spacial score (nSPS) is 11.9. The van der Waals surface area contributed by atoms with E-state index < -0.39 is 10.1 Å². The molecule has 1 heterocycles. The summed E-state index contributed by atoms with van der Waals surface area (Å²) in [5.41, 5.74) is 0.146. The molecule has 0 saturated carbocycles. The number of aliphatic hydroxyl groups excluding tert-OH is 1. The number of aromatic nitrogens is 1. The van der Waals surface area contributed by atoms with Crippen LogP contribution in [0.3, 0.4) is 0 Å². The molecular weight excluding hydrogens is 308 g/mol. The first-order chi connectivity index (χ1) is 10.1. The number of phenolic OH excluding ortho intramolecular Hbond substituents is 1. The number of phenols is 1. The van der Waals surface area contributed by atoms with Gasteiger partial charge in [0.1, 0.15) is 22.7 Å². The second-order valence-corrected chi connectivity index (χ2v) is 7.08. The maximum absolute atomic E-state index is 11.0. The number of likely N-dealkylation sites (N-methyl/N-ethyl adjacent to an activating group) is 1. The fourth-order valence-corrected chi connectivity index (χ4v) is 2.34. The number of aromatic hydroxyl groups is 1. The topological polar surface area (TPSA) is 108 Å². The molecule has 0 fully saturated rings. The molecule has 0 unspecified atom stereocenters. The highest BCUT2D eigenvalue weighted by molar-refractivity contribution is 7.86. The Morgan fingerprint density at radius 2 is 1.82 bits per heavy atom. The molecule has 7 nitrogen and oxygen atoms in total. The summed E-state index contributed by atoms with van der Waals surface area (Å²) in [5, 5.41) is 18.0. The molecule has 122 valence electrons. The Morgan fingerprint density at radius 3 is 2.27 bits per heavy atom. The zero-order chi connectivity index (χ0) is 17.0. The lowest BCUT2D eigenvalue weighted by molar-refractivity contribution is -0.870. The van der Waals surface area contributed by atoms with E-state index in [4.69, 9.17) is 9.66 Å². The Hall–Kier alpha value is -1.74. The van der Waals surface area contributed by atoms with Crippen molar-refractivity contribution in [1.29, 1.82) is 0 Å². The zero-order valence-electron chi connectivity index (χ0n) is 12.8. The van der Waals surface area contributed by atoms with E-state index in [9.17, 15) is 13.5 Å². The molecule has 0 atom stereocenters. The van der Waals surface area contributed by atoms with Crippen LogP contribution in [0.4, 0.5) is 0 Å². The van der Waals surface area contributed by atoms with Crippen LogP contribution in [0.2, 0.25) is 0 Å². The zero-order valence-corrected chi connectivity index (χ0v) is 13.6. The summed E-state index contributed by atoms with van der Waals surface area (Å²) in [5.74, 6) is -0.127. The van der Waals surface area contributed by atoms with Gasteiger partial charge in [0.15, 0.2) is 0 Å². The van der Waals surface area contributed by atoms with Crippen molar-refractivity contribution < 1.29 is 27.7 Å². The molecule has 1 aromatic carbocycles. The van der Waals surface area contributed by atoms with Gasteiger partial charge in [0.05, 0.1) is 27.7 Å². The lowest BCUT2D eigenvalue weighted by Crippen LogP contribution is -2.36. The summed E-state index contributed by atoms with van der Waals surface area (Å²) in [4.78, 5) is 3.57. The van der Waals surface area contributed by atoms with Gasteiger partial charge in [0.25, 0.3) is 10.1 Å². The maximum Gasteiger partial charge on any atom is 0.295 e. The highest BCUT2D eigenvalue weighted by Gasteiger charge is 2.15. The van der Waals surface area contributed by atoms with Crippen LogP contribution in [0.15, 0.2) is 35.4 Å². The van der Waals surface area contributed by atoms with E-state index in [2.05, 4.69) is 26.1 Å². The predicted octanol–water partition coefficient (Wildman–Crippen LogP) is 0.872. The largest absolute Gasteiger partial charge is 0.506 e. The second kappa shape index (κ2) is 7.01. The van der Waals surface area contributed by atoms with Crippen LogP contribution in [0.5, 0.6) is 5.75 Å². The van der Waals surface area contributed by atoms with Crippen molar-refractivity contribution in [2.75, 3.05) is 34.3 Å². The van der Waals surface area contributed by atoms with Gasteiger partial charge in [-0.25, -0.2) is 0 Å². The average Bonchev–Trinajstić information content (AvgIpc) is 2.37. The molecule has 1 aromatic heterocycles. The van der Waals surface area contributed by atoms with Gasteiger partial charge in [0.2, 0.25) is 0 Å². The summed E-state index contributed by atoms with van der Waals surface area (Å²) >= 11 is 0. The minimum Gasteiger partial charge on any atom is -0.506 e. The fraction of sp³-hybridized carbons (Fsp3) is 0.357. The van der Waals surface area contributed by atoms with E-state index >= 15 is 0 Å². The van der Waals surface area contributed by atoms with Gasteiger partial charge in [-0.3, -0.25) is 9.54 Å². The van der Waals surface area contributed by atoms with Crippen LogP contribution < -0.4 is 0 Å². The SMILES string of the molecule is C[N+](C)(C)CCO.O=S(=O)(O)c1ccc(O)c2ncccc12. The Kier molecular flexibility index (Phi) is 5.84. The summed E-state index contributed by atoms with van der Waals surface area (Å²) in [7, 11) is 1.86. The van der Waals surface area contributed by atoms with Gasteiger partial charge in [-0.1, -0.05) is 0 Å². The van der Waals surface area contributed by atoms with Gasteiger partial charge in [0, 0.05) is 11.6 Å². The number of nitrogens with zero attached hydrogens (tertiary/aromatic N) is 2. The molecule has 2 rings (SSSR count). The fourth-order valence-electron chi connectivity index (χ4n) is 1.66. The van der Waals surface area contributed by atoms with Crippen molar-refractivity contribution in [3.8, 4) is 5.75 Å². The minimum atomic E-state index is -4.30. The molecule has 0 bridgehead atoms. The van der Waals surface area contributed by atoms with Crippen molar-refractivity contribution in [2.24, 2.45) is 0 Å². The lowest BCUT2D eigenvalue weighted by atomic mass is 10.2. The number of hydrogen-bond acceptors (Lipinski definition) is 5. The lowest BCUT2D eigenvalue weighted by Gasteiger charge is -2.21. The molecule has 0 aliphatic heterocycles. The quantitative estimate of drug-likeness (QED) is 0.570. The molecule has 22 heavy (non-hydrogen) atoms. The van der Waals surface area contributed by atoms with E-state index in [0.29, 0.717) is 0 Å². The minimum absolute atomic E-state index is 0.127. The molecule has 0 aliphatic rings. The highest BCUT2D eigenvalue weighted by atomic mass is 32.2. The van der Waals surface area contributed by atoms with Crippen LogP contribution in [0.1, 0.15) is 0 Å². The molecular formula is C14H21N2O5S+. The standard InChI is InChI=1S/C9H7NO4S.C5H14NO/c11-7-3-4-8(15(12,13)14)6-2-1-5-10-9(6)7;1-6(2,3)4-5-7/h1-5,11H,(H,12,13,14);7H,4-5H2,1-3H3/q;+1. The number of fused-ring (bicyclic) bond motifs is 1. The predicted molar refractivity (Wildman–Crippen MR) is 83.2 cm³/mol. The van der Waals surface area contributed by atoms with Gasteiger partial charge in [-0.2, -0.15) is 8.42 Å². The summed E-state index contributed by atoms with van der Waals surface area (Å²) in [6.45, 7) is 1.11. The molecule has 0 radical (unpaired) electrons. The summed E-state index contributed by atoms with van der Waals surface area (Å²) < 4.78 is 31.8. The number of pyridine rings is 1. The monoisotopic (exact) mass is 329 g/mol. The molecule has 0 amide bonds. The average molecular weight is 329 g/mol. The van der Waals surface area contributed by atoms with Gasteiger partial charge >= 0.3 is 0 Å². The Morgan fingerprint density at radius 1 is 1.18 bits per heavy atom. The van der Waals surface area contributed by atoms with Gasteiger partial charge in [-0.05, 0) is 24.3 Å². The van der Waals surface area contributed by atoms with E-state index in [-0.39, 0.29) is 28.2 Å². The molecule has 0 aliphatic carbocycles. The number of benzene rings is 1. The Labute approximate surface area is 129 Å². The smallest absolute Gasteiger partial charge is 0.295 e. The van der Waals surface area contributed by atoms with Crippen molar-refractivity contribution in [3.63, 3.8) is 0 Å². The van der Waals surface area contributed by atoms with Crippen molar-refractivity contribution >= 4 is 21.0 Å². The van der Waals surface area contributed by atoms with Crippen LogP contribution in [-0.4, -0.2) is 66.9 Å². The molecule has 0 spiro atoms. The number of hydrogen-bond donors (Lipinski definition) is 3. The third kappa shape index (κ3) is 5.23. The number of quaternary nitrogens is 1. The van der Waals surface area contributed by atoms with Crippen LogP contribution in [0.25, 0.3) is 10.9 Å². The van der Waals surface area contributed by atoms with Crippen molar-refractivity contribution in [1.82, 2.24) is 4.98 Å². The van der Waals surface area contributed by atoms with Crippen LogP contribution >= 0.6 is 0 Å². The summed E-state index contributed by atoms with van der Waals surface area (Å²) in [6.07, 6.45) is 1.43. The first-order valence-electron chi connectivity index (χ1n) is 6.52. The van der Waals surface area contributed by atoms with Crippen molar-refractivity contribution in [3.05, 3.63) is 30.5 Å². The van der Waals surface area contributed by atoms with E-state index in [1.165, 1.54) is 24.4 Å². The number of rotatable bonds is 3. The second-order valence-electron chi connectivity index (χ2n) is 5.69. The first kappa shape index (κ1) is 18.3. The Bertz CT molecular complexity index is 738. The van der Waals surface area contributed by atoms with Crippen LogP contribution in [-0.2, 0) is 10.1 Å². The maximum atomic E-state index is 11.0. The van der Waals surface area contributed by atoms with Gasteiger partial charge in [-0.15, -0.1) is 0 Å². The number of aliphatic hydroxyl groups is 1. The van der Waals surface area contributed by atoms with E-state index in [1.54, 1.807) is 0 Å². The van der Waals surface area contributed by atoms with Crippen LogP contribution in [0, 0.1) is 0 Å². The molecule has 3 N–H and O–H groups in total. The van der Waals surface area contributed by atoms with E-state index in [0.717, 1.165) is 17.1 Å². The molecule has 8 heteroatoms. The summed E-state index contributed by atoms with van der Waals surface area (Å²) in [6, 6.07) is 5.30. The molecule has 2 aromatic rings. The third-order valence-corrected chi connectivity index (χ3v) is 3.67.